The summed E-state index contributed by atoms with van der Waals surface area (Å²) in [6.07, 6.45) is -0.984. The third-order valence-corrected chi connectivity index (χ3v) is 4.99. The van der Waals surface area contributed by atoms with Gasteiger partial charge in [0, 0.05) is 18.1 Å². The summed E-state index contributed by atoms with van der Waals surface area (Å²) < 4.78 is 33.3. The van der Waals surface area contributed by atoms with Crippen molar-refractivity contribution in [1.82, 2.24) is 9.78 Å². The van der Waals surface area contributed by atoms with Crippen LogP contribution in [-0.4, -0.2) is 20.6 Å². The molecule has 1 aliphatic rings. The van der Waals surface area contributed by atoms with Gasteiger partial charge in [0.1, 0.15) is 23.7 Å². The van der Waals surface area contributed by atoms with Crippen LogP contribution in [0.1, 0.15) is 42.1 Å². The lowest BCUT2D eigenvalue weighted by molar-refractivity contribution is -0.384. The minimum absolute atomic E-state index is 0.111. The molecular weight excluding hydrogens is 422 g/mol. The fourth-order valence-electron chi connectivity index (χ4n) is 3.23. The summed E-state index contributed by atoms with van der Waals surface area (Å²) in [5, 5.41) is 18.0. The molecule has 166 valence electrons. The van der Waals surface area contributed by atoms with Crippen molar-refractivity contribution in [2.45, 2.75) is 38.7 Å². The smallest absolute Gasteiger partial charge is 0.280 e. The number of aryl methyl sites for hydroxylation is 1. The molecule has 3 aromatic rings. The second-order valence-corrected chi connectivity index (χ2v) is 7.66. The van der Waals surface area contributed by atoms with Crippen molar-refractivity contribution in [3.05, 3.63) is 75.6 Å². The van der Waals surface area contributed by atoms with Crippen LogP contribution in [0.3, 0.4) is 0 Å². The van der Waals surface area contributed by atoms with Crippen molar-refractivity contribution in [3.8, 4) is 11.5 Å². The molecule has 1 heterocycles. The number of benzene rings is 2. The highest BCUT2D eigenvalue weighted by Crippen LogP contribution is 2.40. The number of anilines is 1. The highest BCUT2D eigenvalue weighted by atomic mass is 19.3. The number of hydrogen-bond acceptors (Lipinski definition) is 5. The van der Waals surface area contributed by atoms with Crippen LogP contribution in [-0.2, 0) is 11.3 Å². The van der Waals surface area contributed by atoms with Gasteiger partial charge in [-0.15, -0.1) is 0 Å². The maximum atomic E-state index is 13.3. The Labute approximate surface area is 182 Å². The molecule has 0 aliphatic heterocycles. The summed E-state index contributed by atoms with van der Waals surface area (Å²) >= 11 is 0. The lowest BCUT2D eigenvalue weighted by atomic mass is 10.2. The first-order valence-corrected chi connectivity index (χ1v) is 9.98. The number of aromatic nitrogens is 2. The van der Waals surface area contributed by atoms with Crippen molar-refractivity contribution >= 4 is 17.3 Å². The van der Waals surface area contributed by atoms with E-state index in [1.54, 1.807) is 12.1 Å². The fourth-order valence-corrected chi connectivity index (χ4v) is 3.23. The molecule has 2 aromatic carbocycles. The third kappa shape index (κ3) is 5.08. The van der Waals surface area contributed by atoms with Crippen LogP contribution >= 0.6 is 0 Å². The summed E-state index contributed by atoms with van der Waals surface area (Å²) in [6.45, 7) is 1.47. The maximum Gasteiger partial charge on any atom is 0.280 e. The van der Waals surface area contributed by atoms with E-state index >= 15 is 0 Å². The van der Waals surface area contributed by atoms with E-state index in [0.717, 1.165) is 23.1 Å². The van der Waals surface area contributed by atoms with Crippen molar-refractivity contribution in [3.63, 3.8) is 0 Å². The number of amides is 1. The Morgan fingerprint density at radius 2 is 1.94 bits per heavy atom. The number of non-ortho nitro benzene ring substituents is 1. The summed E-state index contributed by atoms with van der Waals surface area (Å²) in [5.41, 5.74) is 1.07. The van der Waals surface area contributed by atoms with Gasteiger partial charge in [-0.3, -0.25) is 19.6 Å². The number of rotatable bonds is 8. The number of alkyl halides is 2. The second-order valence-electron chi connectivity index (χ2n) is 7.66. The molecule has 1 aliphatic carbocycles. The Morgan fingerprint density at radius 3 is 2.56 bits per heavy atom. The molecule has 1 aromatic heterocycles. The average Bonchev–Trinajstić information content (AvgIpc) is 3.50. The number of ether oxygens (including phenoxy) is 1. The number of nitrogens with zero attached hydrogens (tertiary/aromatic N) is 3. The fraction of sp³-hybridized carbons (Fsp3) is 0.273. The Bertz CT molecular complexity index is 1160. The summed E-state index contributed by atoms with van der Waals surface area (Å²) in [5.74, 6) is 0.148. The Balaban J connectivity index is 1.53. The summed E-state index contributed by atoms with van der Waals surface area (Å²) in [6, 6.07) is 12.3. The van der Waals surface area contributed by atoms with Gasteiger partial charge < -0.3 is 10.1 Å². The van der Waals surface area contributed by atoms with Crippen LogP contribution in [0.4, 0.5) is 20.2 Å². The van der Waals surface area contributed by atoms with Crippen molar-refractivity contribution < 1.29 is 23.2 Å². The molecule has 8 nitrogen and oxygen atoms in total. The van der Waals surface area contributed by atoms with Crippen molar-refractivity contribution in [2.24, 2.45) is 0 Å². The van der Waals surface area contributed by atoms with E-state index < -0.39 is 23.8 Å². The van der Waals surface area contributed by atoms with Crippen LogP contribution in [0.5, 0.6) is 11.5 Å². The van der Waals surface area contributed by atoms with E-state index in [1.165, 1.54) is 24.3 Å². The molecular formula is C22H20F2N4O4. The highest BCUT2D eigenvalue weighted by molar-refractivity contribution is 5.91. The molecule has 1 N–H and O–H groups in total. The predicted molar refractivity (Wildman–Crippen MR) is 112 cm³/mol. The normalized spacial score (nSPS) is 13.2. The number of hydrogen-bond donors (Lipinski definition) is 1. The lowest BCUT2D eigenvalue weighted by Gasteiger charge is -2.11. The van der Waals surface area contributed by atoms with Gasteiger partial charge in [-0.1, -0.05) is 17.7 Å². The molecule has 32 heavy (non-hydrogen) atoms. The largest absolute Gasteiger partial charge is 0.457 e. The van der Waals surface area contributed by atoms with Gasteiger partial charge in [-0.05, 0) is 38.0 Å². The third-order valence-electron chi connectivity index (χ3n) is 4.99. The molecule has 0 atom stereocenters. The zero-order valence-corrected chi connectivity index (χ0v) is 17.1. The van der Waals surface area contributed by atoms with Crippen molar-refractivity contribution in [1.29, 1.82) is 0 Å². The van der Waals surface area contributed by atoms with E-state index in [2.05, 4.69) is 10.4 Å². The predicted octanol–water partition coefficient (Wildman–Crippen LogP) is 5.35. The molecule has 0 unspecified atom stereocenters. The highest BCUT2D eigenvalue weighted by Gasteiger charge is 2.29. The monoisotopic (exact) mass is 442 g/mol. The van der Waals surface area contributed by atoms with Crippen molar-refractivity contribution in [2.75, 3.05) is 5.32 Å². The Morgan fingerprint density at radius 1 is 1.22 bits per heavy atom. The first kappa shape index (κ1) is 21.4. The first-order valence-electron chi connectivity index (χ1n) is 9.98. The molecule has 10 heteroatoms. The average molecular weight is 442 g/mol. The number of nitrogens with one attached hydrogen (secondary N) is 1. The number of carbonyl (C=O) groups excluding carboxylic acids is 1. The zero-order chi connectivity index (χ0) is 22.8. The van der Waals surface area contributed by atoms with Gasteiger partial charge in [0.2, 0.25) is 5.91 Å². The summed E-state index contributed by atoms with van der Waals surface area (Å²) in [4.78, 5) is 23.2. The van der Waals surface area contributed by atoms with E-state index in [9.17, 15) is 23.7 Å². The van der Waals surface area contributed by atoms with Gasteiger partial charge in [-0.2, -0.15) is 5.10 Å². The number of halogens is 2. The van der Waals surface area contributed by atoms with E-state index in [0.29, 0.717) is 11.4 Å². The number of nitro groups is 1. The van der Waals surface area contributed by atoms with E-state index in [-0.39, 0.29) is 28.7 Å². The number of nitro benzene ring substituents is 1. The topological polar surface area (TPSA) is 99.3 Å². The summed E-state index contributed by atoms with van der Waals surface area (Å²) in [7, 11) is 0. The zero-order valence-electron chi connectivity index (χ0n) is 17.1. The quantitative estimate of drug-likeness (QED) is 0.375. The second kappa shape index (κ2) is 8.74. The van der Waals surface area contributed by atoms with E-state index in [4.69, 9.17) is 4.74 Å². The first-order chi connectivity index (χ1) is 15.3. The van der Waals surface area contributed by atoms with Crippen LogP contribution in [0, 0.1) is 17.0 Å². The van der Waals surface area contributed by atoms with Gasteiger partial charge in [0.25, 0.3) is 12.1 Å². The molecule has 1 saturated carbocycles. The molecule has 4 rings (SSSR count). The number of carbonyl (C=O) groups is 1. The van der Waals surface area contributed by atoms with Gasteiger partial charge in [0.05, 0.1) is 22.4 Å². The lowest BCUT2D eigenvalue weighted by Crippen LogP contribution is -2.21. The van der Waals surface area contributed by atoms with Crippen LogP contribution in [0.2, 0.25) is 0 Å². The maximum absolute atomic E-state index is 13.3. The van der Waals surface area contributed by atoms with Gasteiger partial charge >= 0.3 is 0 Å². The Hall–Kier alpha value is -3.82. The molecule has 0 spiro atoms. The molecule has 1 fully saturated rings. The van der Waals surface area contributed by atoms with Crippen LogP contribution in [0.25, 0.3) is 0 Å². The molecule has 1 amide bonds. The standard InChI is InChI=1S/C22H20F2N4O4/c1-13-2-6-17(7-3-13)32-18-9-15(8-16(10-18)28(30)31)25-21(29)12-27-20(22(23)24)11-19(26-27)14-4-5-14/h2-3,6-11,14,22H,4-5,12H2,1H3,(H,25,29). The molecule has 0 saturated heterocycles. The minimum atomic E-state index is -2.77. The SMILES string of the molecule is Cc1ccc(Oc2cc(NC(=O)Cn3nc(C4CC4)cc3C(F)F)cc([N+](=O)[O-])c2)cc1. The molecule has 0 bridgehead atoms. The van der Waals surface area contributed by atoms with Crippen LogP contribution in [0.15, 0.2) is 48.5 Å². The van der Waals surface area contributed by atoms with Crippen LogP contribution < -0.4 is 10.1 Å². The van der Waals surface area contributed by atoms with E-state index in [1.807, 2.05) is 19.1 Å². The minimum Gasteiger partial charge on any atom is -0.457 e. The molecule has 0 radical (unpaired) electrons. The van der Waals surface area contributed by atoms with Gasteiger partial charge in [-0.25, -0.2) is 8.78 Å². The Kier molecular flexibility index (Phi) is 5.85. The van der Waals surface area contributed by atoms with Gasteiger partial charge in [0.15, 0.2) is 0 Å².